The fourth-order valence-corrected chi connectivity index (χ4v) is 1.27. The summed E-state index contributed by atoms with van der Waals surface area (Å²) in [6, 6.07) is 1.31. The minimum absolute atomic E-state index is 0.0155. The average Bonchev–Trinajstić information content (AvgIpc) is 2.56. The van der Waals surface area contributed by atoms with Crippen molar-refractivity contribution in [1.29, 1.82) is 0 Å². The molecule has 0 radical (unpaired) electrons. The molecule has 0 saturated carbocycles. The molecule has 1 heterocycles. The van der Waals surface area contributed by atoms with Gasteiger partial charge in [0.05, 0.1) is 11.0 Å². The van der Waals surface area contributed by atoms with E-state index in [4.69, 9.17) is 9.52 Å². The summed E-state index contributed by atoms with van der Waals surface area (Å²) in [4.78, 5) is 21.4. The Labute approximate surface area is 93.8 Å². The number of nitrogens with one attached hydrogen (secondary N) is 2. The Balaban J connectivity index is 2.69. The van der Waals surface area contributed by atoms with Gasteiger partial charge in [-0.25, -0.2) is 4.79 Å². The van der Waals surface area contributed by atoms with Gasteiger partial charge in [0.2, 0.25) is 17.6 Å². The maximum atomic E-state index is 10.9. The summed E-state index contributed by atoms with van der Waals surface area (Å²) in [5.74, 6) is -1.36. The third kappa shape index (κ3) is 2.98. The number of carbonyl (C=O) groups is 2. The van der Waals surface area contributed by atoms with Crippen LogP contribution < -0.4 is 10.6 Å². The van der Waals surface area contributed by atoms with E-state index in [2.05, 4.69) is 26.6 Å². The number of hydrogen-bond donors (Lipinski definition) is 3. The highest BCUT2D eigenvalue weighted by Crippen LogP contribution is 2.26. The van der Waals surface area contributed by atoms with Crippen molar-refractivity contribution in [2.45, 2.75) is 0 Å². The molecular formula is C8H9BrN2O4. The monoisotopic (exact) mass is 276 g/mol. The molecule has 1 rings (SSSR count). The van der Waals surface area contributed by atoms with Gasteiger partial charge >= 0.3 is 5.97 Å². The van der Waals surface area contributed by atoms with Gasteiger partial charge in [-0.2, -0.15) is 0 Å². The van der Waals surface area contributed by atoms with E-state index in [9.17, 15) is 9.59 Å². The van der Waals surface area contributed by atoms with Crippen molar-refractivity contribution in [1.82, 2.24) is 5.32 Å². The number of carboxylic acid groups (broad SMARTS) is 1. The topological polar surface area (TPSA) is 91.6 Å². The number of furan rings is 1. The molecule has 1 amide bonds. The van der Waals surface area contributed by atoms with Crippen LogP contribution in [0.5, 0.6) is 0 Å². The molecule has 3 N–H and O–H groups in total. The molecule has 0 spiro atoms. The van der Waals surface area contributed by atoms with Gasteiger partial charge in [-0.15, -0.1) is 0 Å². The van der Waals surface area contributed by atoms with Crippen LogP contribution in [0.15, 0.2) is 15.0 Å². The van der Waals surface area contributed by atoms with Crippen molar-refractivity contribution in [2.75, 3.05) is 18.9 Å². The molecule has 0 saturated heterocycles. The summed E-state index contributed by atoms with van der Waals surface area (Å²) in [6.07, 6.45) is 0. The van der Waals surface area contributed by atoms with E-state index in [0.717, 1.165) is 0 Å². The summed E-state index contributed by atoms with van der Waals surface area (Å²) >= 11 is 3.11. The Morgan fingerprint density at radius 3 is 2.73 bits per heavy atom. The highest BCUT2D eigenvalue weighted by atomic mass is 79.9. The molecule has 0 aliphatic heterocycles. The second kappa shape index (κ2) is 4.83. The van der Waals surface area contributed by atoms with E-state index >= 15 is 0 Å². The fraction of sp³-hybridized carbons (Fsp3) is 0.250. The maximum Gasteiger partial charge on any atom is 0.371 e. The van der Waals surface area contributed by atoms with Crippen molar-refractivity contribution in [3.05, 3.63) is 16.3 Å². The van der Waals surface area contributed by atoms with Crippen LogP contribution in [0.25, 0.3) is 0 Å². The van der Waals surface area contributed by atoms with Crippen molar-refractivity contribution in [3.8, 4) is 0 Å². The Morgan fingerprint density at radius 2 is 2.27 bits per heavy atom. The maximum absolute atomic E-state index is 10.9. The van der Waals surface area contributed by atoms with E-state index in [1.54, 1.807) is 0 Å². The second-order valence-corrected chi connectivity index (χ2v) is 3.47. The first-order valence-corrected chi connectivity index (χ1v) is 4.81. The predicted molar refractivity (Wildman–Crippen MR) is 55.9 cm³/mol. The first-order chi connectivity index (χ1) is 7.04. The number of amides is 1. The summed E-state index contributed by atoms with van der Waals surface area (Å²) < 4.78 is 5.40. The lowest BCUT2D eigenvalue weighted by molar-refractivity contribution is -0.118. The average molecular weight is 277 g/mol. The van der Waals surface area contributed by atoms with E-state index in [-0.39, 0.29) is 24.1 Å². The Hall–Kier alpha value is -1.50. The van der Waals surface area contributed by atoms with Crippen LogP contribution in [0.1, 0.15) is 10.6 Å². The van der Waals surface area contributed by atoms with Gasteiger partial charge < -0.3 is 20.2 Å². The number of carbonyl (C=O) groups excluding carboxylic acids is 1. The normalized spacial score (nSPS) is 9.73. The van der Waals surface area contributed by atoms with Crippen LogP contribution in [-0.4, -0.2) is 30.6 Å². The number of rotatable bonds is 4. The molecule has 1 aromatic heterocycles. The van der Waals surface area contributed by atoms with Crippen molar-refractivity contribution in [2.24, 2.45) is 0 Å². The Bertz CT molecular complexity index is 388. The van der Waals surface area contributed by atoms with Crippen LogP contribution in [0, 0.1) is 0 Å². The van der Waals surface area contributed by atoms with Crippen molar-refractivity contribution < 1.29 is 19.1 Å². The van der Waals surface area contributed by atoms with Gasteiger partial charge in [0, 0.05) is 13.1 Å². The molecule has 0 atom stereocenters. The molecule has 82 valence electrons. The molecule has 0 bridgehead atoms. The molecular weight excluding hydrogens is 268 g/mol. The number of hydrogen-bond acceptors (Lipinski definition) is 4. The highest BCUT2D eigenvalue weighted by molar-refractivity contribution is 9.10. The summed E-state index contributed by atoms with van der Waals surface area (Å²) in [6.45, 7) is 0.0155. The second-order valence-electron chi connectivity index (χ2n) is 2.62. The van der Waals surface area contributed by atoms with Crippen LogP contribution in [0.3, 0.4) is 0 Å². The molecule has 6 nitrogen and oxygen atoms in total. The summed E-state index contributed by atoms with van der Waals surface area (Å²) in [7, 11) is 1.50. The SMILES string of the molecule is CNC(=O)CNc1oc(C(=O)O)cc1Br. The third-order valence-corrected chi connectivity index (χ3v) is 2.17. The minimum Gasteiger partial charge on any atom is -0.475 e. The number of likely N-dealkylation sites (N-methyl/N-ethyl adjacent to an activating group) is 1. The zero-order chi connectivity index (χ0) is 11.4. The van der Waals surface area contributed by atoms with Gasteiger partial charge in [-0.05, 0) is 15.9 Å². The lowest BCUT2D eigenvalue weighted by atomic mass is 10.4. The standard InChI is InChI=1S/C8H9BrN2O4/c1-10-6(12)3-11-7-4(9)2-5(15-7)8(13)14/h2,11H,3H2,1H3,(H,10,12)(H,13,14). The Morgan fingerprint density at radius 1 is 1.60 bits per heavy atom. The number of anilines is 1. The van der Waals surface area contributed by atoms with Gasteiger partial charge in [0.1, 0.15) is 0 Å². The van der Waals surface area contributed by atoms with E-state index in [1.807, 2.05) is 0 Å². The van der Waals surface area contributed by atoms with E-state index < -0.39 is 5.97 Å². The fourth-order valence-electron chi connectivity index (χ4n) is 0.844. The number of halogens is 1. The van der Waals surface area contributed by atoms with E-state index in [0.29, 0.717) is 4.47 Å². The molecule has 0 aromatic carbocycles. The van der Waals surface area contributed by atoms with Gasteiger partial charge in [0.25, 0.3) is 0 Å². The van der Waals surface area contributed by atoms with Crippen molar-refractivity contribution in [3.63, 3.8) is 0 Å². The third-order valence-electron chi connectivity index (χ3n) is 1.59. The minimum atomic E-state index is -1.16. The zero-order valence-corrected chi connectivity index (χ0v) is 9.42. The smallest absolute Gasteiger partial charge is 0.371 e. The molecule has 0 fully saturated rings. The largest absolute Gasteiger partial charge is 0.475 e. The molecule has 0 aliphatic carbocycles. The summed E-state index contributed by atoms with van der Waals surface area (Å²) in [5.41, 5.74) is 0. The van der Waals surface area contributed by atoms with Gasteiger partial charge in [0.15, 0.2) is 0 Å². The van der Waals surface area contributed by atoms with Crippen LogP contribution in [0.2, 0.25) is 0 Å². The first-order valence-electron chi connectivity index (χ1n) is 4.01. The van der Waals surface area contributed by atoms with Crippen LogP contribution >= 0.6 is 15.9 Å². The number of carboxylic acids is 1. The zero-order valence-electron chi connectivity index (χ0n) is 7.83. The predicted octanol–water partition coefficient (Wildman–Crippen LogP) is 0.898. The van der Waals surface area contributed by atoms with Gasteiger partial charge in [-0.3, -0.25) is 4.79 Å². The molecule has 0 aliphatic rings. The quantitative estimate of drug-likeness (QED) is 0.760. The first kappa shape index (κ1) is 11.6. The lowest BCUT2D eigenvalue weighted by Crippen LogP contribution is -2.26. The lowest BCUT2D eigenvalue weighted by Gasteiger charge is -2.01. The molecule has 1 aromatic rings. The van der Waals surface area contributed by atoms with Crippen LogP contribution in [0.4, 0.5) is 5.88 Å². The summed E-state index contributed by atoms with van der Waals surface area (Å²) in [5, 5.41) is 13.7. The van der Waals surface area contributed by atoms with Crippen LogP contribution in [-0.2, 0) is 4.79 Å². The molecule has 15 heavy (non-hydrogen) atoms. The van der Waals surface area contributed by atoms with E-state index in [1.165, 1.54) is 13.1 Å². The highest BCUT2D eigenvalue weighted by Gasteiger charge is 2.14. The van der Waals surface area contributed by atoms with Crippen molar-refractivity contribution >= 4 is 33.7 Å². The Kier molecular flexibility index (Phi) is 3.73. The molecule has 0 unspecified atom stereocenters. The molecule has 7 heteroatoms. The number of aromatic carboxylic acids is 1. The van der Waals surface area contributed by atoms with Gasteiger partial charge in [-0.1, -0.05) is 0 Å².